The number of halogens is 1. The van der Waals surface area contributed by atoms with E-state index in [2.05, 4.69) is 44.2 Å². The molecule has 0 saturated carbocycles. The molecule has 36 heavy (non-hydrogen) atoms. The van der Waals surface area contributed by atoms with E-state index in [1.807, 2.05) is 76.4 Å². The Morgan fingerprint density at radius 3 is 2.14 bits per heavy atom. The van der Waals surface area contributed by atoms with Gasteiger partial charge in [-0.05, 0) is 43.5 Å². The summed E-state index contributed by atoms with van der Waals surface area (Å²) in [6, 6.07) is 9.59. The number of methoxy groups -OCH3 is 1. The number of nitrogens with zero attached hydrogens (tertiary/aromatic N) is 7. The van der Waals surface area contributed by atoms with Crippen LogP contribution in [-0.2, 0) is 6.42 Å². The first-order valence-corrected chi connectivity index (χ1v) is 12.2. The van der Waals surface area contributed by atoms with E-state index in [9.17, 15) is 4.39 Å². The minimum Gasteiger partial charge on any atom is -0.495 e. The van der Waals surface area contributed by atoms with Gasteiger partial charge in [0.15, 0.2) is 11.6 Å². The Labute approximate surface area is 214 Å². The average molecular weight is 496 g/mol. The molecule has 0 saturated heterocycles. The van der Waals surface area contributed by atoms with E-state index in [1.165, 1.54) is 12.4 Å². The van der Waals surface area contributed by atoms with Gasteiger partial charge in [0.1, 0.15) is 23.1 Å². The maximum atomic E-state index is 12.3. The molecule has 0 fully saturated rings. The van der Waals surface area contributed by atoms with Gasteiger partial charge in [-0.2, -0.15) is 5.10 Å². The minimum absolute atomic E-state index is 0.377. The van der Waals surface area contributed by atoms with Crippen LogP contribution < -0.4 is 4.74 Å². The highest BCUT2D eigenvalue weighted by molar-refractivity contribution is 5.60. The lowest BCUT2D eigenvalue weighted by Gasteiger charge is -2.15. The highest BCUT2D eigenvalue weighted by Gasteiger charge is 2.18. The summed E-state index contributed by atoms with van der Waals surface area (Å²) in [7, 11) is 1.65. The maximum absolute atomic E-state index is 12.3. The van der Waals surface area contributed by atoms with Gasteiger partial charge < -0.3 is 4.74 Å². The monoisotopic (exact) mass is 495 g/mol. The Balaban J connectivity index is 0.000000366. The lowest BCUT2D eigenvalue weighted by atomic mass is 10.1. The molecule has 0 bridgehead atoms. The molecule has 9 heteroatoms. The second kappa shape index (κ2) is 16.0. The first-order chi connectivity index (χ1) is 17.4. The fourth-order valence-corrected chi connectivity index (χ4v) is 3.11. The third-order valence-electron chi connectivity index (χ3n) is 4.54. The van der Waals surface area contributed by atoms with Crippen molar-refractivity contribution in [1.82, 2.24) is 34.9 Å². The van der Waals surface area contributed by atoms with Crippen LogP contribution in [-0.4, -0.2) is 42.0 Å². The number of para-hydroxylation sites is 1. The fourth-order valence-electron chi connectivity index (χ4n) is 3.11. The SMILES string of the molecule is CC.CC.CC(C)Cc1ncc(F)cn1.COc1cccc(C)c1-n1c(C)nnc1-c1cccnn1. The van der Waals surface area contributed by atoms with Gasteiger partial charge in [-0.1, -0.05) is 53.7 Å². The van der Waals surface area contributed by atoms with Crippen LogP contribution in [0.25, 0.3) is 17.2 Å². The molecule has 0 unspecified atom stereocenters. The summed E-state index contributed by atoms with van der Waals surface area (Å²) in [5.41, 5.74) is 2.66. The Morgan fingerprint density at radius 2 is 1.58 bits per heavy atom. The predicted molar refractivity (Wildman–Crippen MR) is 142 cm³/mol. The summed E-state index contributed by atoms with van der Waals surface area (Å²) in [6.45, 7) is 16.1. The smallest absolute Gasteiger partial charge is 0.189 e. The van der Waals surface area contributed by atoms with Crippen molar-refractivity contribution in [1.29, 1.82) is 0 Å². The number of aromatic nitrogens is 7. The van der Waals surface area contributed by atoms with Crippen molar-refractivity contribution in [3.63, 3.8) is 0 Å². The molecule has 0 spiro atoms. The van der Waals surface area contributed by atoms with E-state index in [0.717, 1.165) is 29.2 Å². The van der Waals surface area contributed by atoms with Gasteiger partial charge in [0.2, 0.25) is 0 Å². The van der Waals surface area contributed by atoms with E-state index in [0.29, 0.717) is 23.3 Å². The van der Waals surface area contributed by atoms with Crippen LogP contribution in [0.5, 0.6) is 5.75 Å². The summed E-state index contributed by atoms with van der Waals surface area (Å²) < 4.78 is 19.7. The molecule has 0 atom stereocenters. The zero-order valence-electron chi connectivity index (χ0n) is 22.8. The maximum Gasteiger partial charge on any atom is 0.189 e. The van der Waals surface area contributed by atoms with Gasteiger partial charge in [0.25, 0.3) is 0 Å². The number of hydrogen-bond acceptors (Lipinski definition) is 7. The van der Waals surface area contributed by atoms with Crippen LogP contribution in [0.2, 0.25) is 0 Å². The summed E-state index contributed by atoms with van der Waals surface area (Å²) >= 11 is 0. The van der Waals surface area contributed by atoms with Crippen LogP contribution >= 0.6 is 0 Å². The third-order valence-corrected chi connectivity index (χ3v) is 4.54. The standard InChI is InChI=1S/C15H15N5O.C8H11FN2.2C2H6/c1-10-6-4-8-13(21-3)14(10)20-11(2)17-19-15(20)12-7-5-9-16-18-12;1-6(2)3-8-10-4-7(9)5-11-8;2*1-2/h4-9H,1-3H3;4-6H,3H2,1-2H3;2*1-2H3. The molecule has 8 nitrogen and oxygen atoms in total. The van der Waals surface area contributed by atoms with Gasteiger partial charge in [0.05, 0.1) is 25.2 Å². The lowest BCUT2D eigenvalue weighted by molar-refractivity contribution is 0.412. The number of ether oxygens (including phenoxy) is 1. The number of benzene rings is 1. The van der Waals surface area contributed by atoms with E-state index < -0.39 is 0 Å². The molecular formula is C27H38FN7O. The van der Waals surface area contributed by atoms with Gasteiger partial charge in [0, 0.05) is 12.6 Å². The average Bonchev–Trinajstić information content (AvgIpc) is 3.29. The Morgan fingerprint density at radius 1 is 0.917 bits per heavy atom. The minimum atomic E-state index is -0.377. The summed E-state index contributed by atoms with van der Waals surface area (Å²) in [5.74, 6) is 3.03. The predicted octanol–water partition coefficient (Wildman–Crippen LogP) is 6.22. The number of aryl methyl sites for hydroxylation is 2. The number of hydrogen-bond donors (Lipinski definition) is 0. The first kappa shape index (κ1) is 30.3. The van der Waals surface area contributed by atoms with Crippen molar-refractivity contribution in [3.05, 3.63) is 72.0 Å². The molecule has 0 radical (unpaired) electrons. The van der Waals surface area contributed by atoms with Crippen molar-refractivity contribution in [2.24, 2.45) is 5.92 Å². The molecule has 3 heterocycles. The van der Waals surface area contributed by atoms with Crippen molar-refractivity contribution in [3.8, 4) is 23.0 Å². The van der Waals surface area contributed by atoms with Crippen LogP contribution in [0.3, 0.4) is 0 Å². The van der Waals surface area contributed by atoms with E-state index in [4.69, 9.17) is 4.74 Å². The summed E-state index contributed by atoms with van der Waals surface area (Å²) in [4.78, 5) is 7.66. The Bertz CT molecular complexity index is 1150. The first-order valence-electron chi connectivity index (χ1n) is 12.2. The molecule has 4 rings (SSSR count). The molecule has 0 amide bonds. The van der Waals surface area contributed by atoms with Gasteiger partial charge >= 0.3 is 0 Å². The molecule has 0 aliphatic heterocycles. The van der Waals surface area contributed by atoms with Crippen molar-refractivity contribution >= 4 is 0 Å². The van der Waals surface area contributed by atoms with Crippen LogP contribution in [0.15, 0.2) is 48.9 Å². The van der Waals surface area contributed by atoms with E-state index >= 15 is 0 Å². The molecule has 4 aromatic rings. The third kappa shape index (κ3) is 8.48. The molecule has 194 valence electrons. The zero-order chi connectivity index (χ0) is 27.1. The highest BCUT2D eigenvalue weighted by Crippen LogP contribution is 2.30. The molecular weight excluding hydrogens is 457 g/mol. The lowest BCUT2D eigenvalue weighted by Crippen LogP contribution is -2.05. The molecule has 3 aromatic heterocycles. The zero-order valence-corrected chi connectivity index (χ0v) is 22.8. The molecule has 0 N–H and O–H groups in total. The topological polar surface area (TPSA) is 91.5 Å². The van der Waals surface area contributed by atoms with Crippen LogP contribution in [0, 0.1) is 25.6 Å². The van der Waals surface area contributed by atoms with Crippen molar-refractivity contribution in [2.75, 3.05) is 7.11 Å². The highest BCUT2D eigenvalue weighted by atomic mass is 19.1. The molecule has 1 aromatic carbocycles. The van der Waals surface area contributed by atoms with E-state index in [1.54, 1.807) is 13.3 Å². The second-order valence-corrected chi connectivity index (χ2v) is 7.56. The van der Waals surface area contributed by atoms with Gasteiger partial charge in [-0.25, -0.2) is 14.4 Å². The second-order valence-electron chi connectivity index (χ2n) is 7.56. The normalized spacial score (nSPS) is 9.75. The summed E-state index contributed by atoms with van der Waals surface area (Å²) in [6.07, 6.45) is 4.83. The molecule has 0 aliphatic rings. The van der Waals surface area contributed by atoms with Gasteiger partial charge in [-0.3, -0.25) is 4.57 Å². The van der Waals surface area contributed by atoms with Crippen molar-refractivity contribution in [2.45, 2.75) is 61.8 Å². The fraction of sp³-hybridized carbons (Fsp3) is 0.407. The van der Waals surface area contributed by atoms with Crippen LogP contribution in [0.1, 0.15) is 58.8 Å². The summed E-state index contributed by atoms with van der Waals surface area (Å²) in [5, 5.41) is 16.4. The largest absolute Gasteiger partial charge is 0.495 e. The Kier molecular flexibility index (Phi) is 13.5. The van der Waals surface area contributed by atoms with Gasteiger partial charge in [-0.15, -0.1) is 15.3 Å². The van der Waals surface area contributed by atoms with Crippen LogP contribution in [0.4, 0.5) is 4.39 Å². The number of rotatable bonds is 5. The quantitative estimate of drug-likeness (QED) is 0.325. The van der Waals surface area contributed by atoms with Crippen molar-refractivity contribution < 1.29 is 9.13 Å². The molecule has 0 aliphatic carbocycles. The Hall–Kier alpha value is -3.75. The van der Waals surface area contributed by atoms with E-state index in [-0.39, 0.29) is 5.82 Å².